The van der Waals surface area contributed by atoms with E-state index in [-0.39, 0.29) is 0 Å². The van der Waals surface area contributed by atoms with Crippen LogP contribution in [0, 0.1) is 0 Å². The molecule has 29 heavy (non-hydrogen) atoms. The van der Waals surface area contributed by atoms with Crippen LogP contribution in [0.2, 0.25) is 5.02 Å². The monoisotopic (exact) mass is 409 g/mol. The van der Waals surface area contributed by atoms with Crippen LogP contribution in [0.5, 0.6) is 17.2 Å². The molecule has 3 rings (SSSR count). The molecule has 5 heteroatoms. The van der Waals surface area contributed by atoms with Crippen LogP contribution in [-0.2, 0) is 4.79 Å². The molecule has 0 radical (unpaired) electrons. The molecular weight excluding hydrogens is 386 g/mol. The average molecular weight is 410 g/mol. The van der Waals surface area contributed by atoms with E-state index in [1.165, 1.54) is 0 Å². The summed E-state index contributed by atoms with van der Waals surface area (Å²) in [5.41, 5.74) is 1.12. The number of rotatable bonds is 7. The zero-order valence-electron chi connectivity index (χ0n) is 16.9. The van der Waals surface area contributed by atoms with E-state index in [0.29, 0.717) is 27.8 Å². The summed E-state index contributed by atoms with van der Waals surface area (Å²) in [4.78, 5) is 14.5. The number of hydrogen-bond acceptors (Lipinski definition) is 4. The van der Waals surface area contributed by atoms with Crippen molar-refractivity contribution in [3.8, 4) is 17.2 Å². The first-order valence-electron chi connectivity index (χ1n) is 9.56. The summed E-state index contributed by atoms with van der Waals surface area (Å²) >= 11 is 6.27. The van der Waals surface area contributed by atoms with Gasteiger partial charge in [0.05, 0.1) is 5.69 Å². The Hall–Kier alpha value is -2.98. The molecule has 0 atom stereocenters. The maximum atomic E-state index is 12.4. The third kappa shape index (κ3) is 4.54. The van der Waals surface area contributed by atoms with Gasteiger partial charge < -0.3 is 14.4 Å². The number of hydrogen-bond donors (Lipinski definition) is 0. The quantitative estimate of drug-likeness (QED) is 0.250. The Morgan fingerprint density at radius 1 is 1.03 bits per heavy atom. The van der Waals surface area contributed by atoms with Gasteiger partial charge in [0.15, 0.2) is 5.75 Å². The number of nitrogens with zero attached hydrogens (tertiary/aromatic N) is 1. The van der Waals surface area contributed by atoms with Crippen molar-refractivity contribution in [2.24, 2.45) is 0 Å². The predicted molar refractivity (Wildman–Crippen MR) is 119 cm³/mol. The lowest BCUT2D eigenvalue weighted by Gasteiger charge is -2.26. The molecule has 0 amide bonds. The molecule has 0 saturated carbocycles. The third-order valence-electron chi connectivity index (χ3n) is 4.61. The minimum absolute atomic E-state index is 0.335. The van der Waals surface area contributed by atoms with Gasteiger partial charge in [-0.3, -0.25) is 0 Å². The largest absolute Gasteiger partial charge is 0.457 e. The van der Waals surface area contributed by atoms with Crippen LogP contribution in [0.15, 0.2) is 66.7 Å². The van der Waals surface area contributed by atoms with Crippen LogP contribution in [0.25, 0.3) is 10.8 Å². The van der Waals surface area contributed by atoms with Crippen LogP contribution in [0.3, 0.4) is 0 Å². The summed E-state index contributed by atoms with van der Waals surface area (Å²) in [7, 11) is 0. The SMILES string of the molecule is C=C(C)C(=O)Oc1c(N(CC)CC)cc(Oc2ccccc2)c2cc(Cl)ccc12. The molecule has 0 bridgehead atoms. The molecule has 0 fully saturated rings. The van der Waals surface area contributed by atoms with Crippen LogP contribution in [-0.4, -0.2) is 19.1 Å². The van der Waals surface area contributed by atoms with Gasteiger partial charge in [0.1, 0.15) is 11.5 Å². The number of carbonyl (C=O) groups excluding carboxylic acids is 1. The molecule has 0 spiro atoms. The van der Waals surface area contributed by atoms with E-state index in [9.17, 15) is 4.79 Å². The number of esters is 1. The molecule has 0 aliphatic carbocycles. The zero-order chi connectivity index (χ0) is 21.0. The van der Waals surface area contributed by atoms with E-state index in [1.54, 1.807) is 13.0 Å². The van der Waals surface area contributed by atoms with Gasteiger partial charge in [-0.25, -0.2) is 4.79 Å². The number of benzene rings is 3. The average Bonchev–Trinajstić information content (AvgIpc) is 2.71. The summed E-state index contributed by atoms with van der Waals surface area (Å²) in [5.74, 6) is 1.37. The molecule has 0 heterocycles. The number of halogens is 1. The molecule has 0 unspecified atom stereocenters. The Balaban J connectivity index is 2.26. The van der Waals surface area contributed by atoms with Crippen molar-refractivity contribution in [3.05, 3.63) is 71.8 Å². The van der Waals surface area contributed by atoms with E-state index < -0.39 is 5.97 Å². The van der Waals surface area contributed by atoms with Crippen molar-refractivity contribution in [1.29, 1.82) is 0 Å². The molecular formula is C24H24ClNO3. The van der Waals surface area contributed by atoms with Crippen LogP contribution in [0.4, 0.5) is 5.69 Å². The maximum absolute atomic E-state index is 12.4. The fourth-order valence-electron chi connectivity index (χ4n) is 3.11. The molecule has 150 valence electrons. The van der Waals surface area contributed by atoms with Crippen molar-refractivity contribution in [2.75, 3.05) is 18.0 Å². The number of para-hydroxylation sites is 1. The molecule has 0 N–H and O–H groups in total. The van der Waals surface area contributed by atoms with E-state index in [2.05, 4.69) is 25.3 Å². The highest BCUT2D eigenvalue weighted by atomic mass is 35.5. The first-order chi connectivity index (χ1) is 13.9. The Kier molecular flexibility index (Phi) is 6.45. The van der Waals surface area contributed by atoms with Gasteiger partial charge in [-0.15, -0.1) is 0 Å². The predicted octanol–water partition coefficient (Wildman–Crippen LogP) is 6.61. The van der Waals surface area contributed by atoms with E-state index >= 15 is 0 Å². The van der Waals surface area contributed by atoms with Crippen LogP contribution >= 0.6 is 11.6 Å². The van der Waals surface area contributed by atoms with Crippen molar-refractivity contribution in [2.45, 2.75) is 20.8 Å². The smallest absolute Gasteiger partial charge is 0.338 e. The van der Waals surface area contributed by atoms with Crippen LogP contribution in [0.1, 0.15) is 20.8 Å². The highest BCUT2D eigenvalue weighted by molar-refractivity contribution is 6.31. The molecule has 0 saturated heterocycles. The highest BCUT2D eigenvalue weighted by Gasteiger charge is 2.21. The lowest BCUT2D eigenvalue weighted by Crippen LogP contribution is -2.23. The Morgan fingerprint density at radius 2 is 1.72 bits per heavy atom. The number of ether oxygens (including phenoxy) is 2. The summed E-state index contributed by atoms with van der Waals surface area (Å²) in [6.07, 6.45) is 0. The van der Waals surface area contributed by atoms with Gasteiger partial charge in [0.2, 0.25) is 0 Å². The maximum Gasteiger partial charge on any atom is 0.338 e. The summed E-state index contributed by atoms with van der Waals surface area (Å²) < 4.78 is 12.0. The van der Waals surface area contributed by atoms with Crippen molar-refractivity contribution in [3.63, 3.8) is 0 Å². The van der Waals surface area contributed by atoms with E-state index in [1.807, 2.05) is 48.5 Å². The lowest BCUT2D eigenvalue weighted by molar-refractivity contribution is -0.129. The van der Waals surface area contributed by atoms with Gasteiger partial charge in [-0.05, 0) is 51.1 Å². The zero-order valence-corrected chi connectivity index (χ0v) is 17.6. The van der Waals surface area contributed by atoms with Crippen LogP contribution < -0.4 is 14.4 Å². The molecule has 0 aromatic heterocycles. The molecule has 0 aliphatic heterocycles. The third-order valence-corrected chi connectivity index (χ3v) is 4.85. The first-order valence-corrected chi connectivity index (χ1v) is 9.94. The van der Waals surface area contributed by atoms with Gasteiger partial charge in [-0.1, -0.05) is 36.4 Å². The van der Waals surface area contributed by atoms with Crippen molar-refractivity contribution < 1.29 is 14.3 Å². The van der Waals surface area contributed by atoms with Gasteiger partial charge in [0.25, 0.3) is 0 Å². The molecule has 4 nitrogen and oxygen atoms in total. The normalized spacial score (nSPS) is 10.6. The topological polar surface area (TPSA) is 38.8 Å². The number of anilines is 1. The fraction of sp³-hybridized carbons (Fsp3) is 0.208. The summed E-state index contributed by atoms with van der Waals surface area (Å²) in [6.45, 7) is 10.9. The molecule has 0 aliphatic rings. The molecule has 3 aromatic rings. The van der Waals surface area contributed by atoms with Crippen molar-refractivity contribution in [1.82, 2.24) is 0 Å². The Bertz CT molecular complexity index is 1040. The highest BCUT2D eigenvalue weighted by Crippen LogP contribution is 2.44. The fourth-order valence-corrected chi connectivity index (χ4v) is 3.28. The number of fused-ring (bicyclic) bond motifs is 1. The standard InChI is InChI=1S/C24H24ClNO3/c1-5-26(6-2)21-15-22(28-18-10-8-7-9-11-18)20-14-17(25)12-13-19(20)23(21)29-24(27)16(3)4/h7-15H,3,5-6H2,1-2,4H3. The van der Waals surface area contributed by atoms with Gasteiger partial charge in [0, 0.05) is 40.5 Å². The second-order valence-electron chi connectivity index (χ2n) is 6.67. The second-order valence-corrected chi connectivity index (χ2v) is 7.11. The second kappa shape index (κ2) is 9.01. The van der Waals surface area contributed by atoms with E-state index in [4.69, 9.17) is 21.1 Å². The lowest BCUT2D eigenvalue weighted by atomic mass is 10.1. The summed E-state index contributed by atoms with van der Waals surface area (Å²) in [6, 6.07) is 16.9. The molecule has 3 aromatic carbocycles. The van der Waals surface area contributed by atoms with Gasteiger partial charge in [-0.2, -0.15) is 0 Å². The first kappa shape index (κ1) is 20.7. The van der Waals surface area contributed by atoms with Gasteiger partial charge >= 0.3 is 5.97 Å². The minimum atomic E-state index is -0.466. The Labute approximate surface area is 176 Å². The number of carbonyl (C=O) groups is 1. The van der Waals surface area contributed by atoms with Crippen molar-refractivity contribution >= 4 is 34.0 Å². The minimum Gasteiger partial charge on any atom is -0.457 e. The summed E-state index contributed by atoms with van der Waals surface area (Å²) in [5, 5.41) is 2.09. The Morgan fingerprint density at radius 3 is 2.34 bits per heavy atom. The van der Waals surface area contributed by atoms with E-state index in [0.717, 1.165) is 29.5 Å².